The van der Waals surface area contributed by atoms with E-state index in [1.165, 1.54) is 0 Å². The lowest BCUT2D eigenvalue weighted by atomic mass is 10.2. The third kappa shape index (κ3) is 7.27. The quantitative estimate of drug-likeness (QED) is 0.706. The van der Waals surface area contributed by atoms with Gasteiger partial charge in [0.05, 0.1) is 35.4 Å². The van der Waals surface area contributed by atoms with Gasteiger partial charge in [0.2, 0.25) is 0 Å². The molecule has 1 unspecified atom stereocenters. The number of nitrogens with one attached hydrogen (secondary N) is 1. The summed E-state index contributed by atoms with van der Waals surface area (Å²) in [4.78, 5) is 23.1. The van der Waals surface area contributed by atoms with Crippen molar-refractivity contribution < 1.29 is 23.3 Å². The summed E-state index contributed by atoms with van der Waals surface area (Å²) in [6.07, 6.45) is -0.200. The molecule has 7 heteroatoms. The van der Waals surface area contributed by atoms with Gasteiger partial charge in [-0.3, -0.25) is 9.59 Å². The van der Waals surface area contributed by atoms with Crippen molar-refractivity contribution in [3.8, 4) is 0 Å². The standard InChI is InChI=1S/C12H23NO5S/c1-6-17-10(14)8-9(11(15)18-7-2)13-19(16)12(3,4)5/h9,13H,6-8H2,1-5H3/t9-,19?/m0/s1. The van der Waals surface area contributed by atoms with Crippen LogP contribution in [0.2, 0.25) is 0 Å². The molecule has 0 aromatic carbocycles. The average Bonchev–Trinajstić information content (AvgIpc) is 2.27. The van der Waals surface area contributed by atoms with Crippen molar-refractivity contribution in [3.63, 3.8) is 0 Å². The molecule has 0 fully saturated rings. The van der Waals surface area contributed by atoms with Crippen LogP contribution in [-0.4, -0.2) is 40.2 Å². The first-order chi connectivity index (χ1) is 8.72. The Bertz CT molecular complexity index is 338. The van der Waals surface area contributed by atoms with E-state index >= 15 is 0 Å². The zero-order valence-electron chi connectivity index (χ0n) is 12.1. The molecule has 0 aromatic rings. The molecule has 6 nitrogen and oxygen atoms in total. The fourth-order valence-electron chi connectivity index (χ4n) is 1.11. The highest BCUT2D eigenvalue weighted by Gasteiger charge is 2.29. The second kappa shape index (κ2) is 8.27. The average molecular weight is 293 g/mol. The lowest BCUT2D eigenvalue weighted by molar-refractivity contribution is -0.151. The number of ether oxygens (including phenoxy) is 2. The van der Waals surface area contributed by atoms with Crippen LogP contribution in [0, 0.1) is 0 Å². The van der Waals surface area contributed by atoms with Gasteiger partial charge in [0.25, 0.3) is 0 Å². The molecule has 2 atom stereocenters. The summed E-state index contributed by atoms with van der Waals surface area (Å²) in [5.74, 6) is -1.13. The Morgan fingerprint density at radius 3 is 2.11 bits per heavy atom. The van der Waals surface area contributed by atoms with Crippen LogP contribution in [0.1, 0.15) is 41.0 Å². The van der Waals surface area contributed by atoms with Gasteiger partial charge in [-0.1, -0.05) is 0 Å². The zero-order chi connectivity index (χ0) is 15.1. The Balaban J connectivity index is 4.72. The SMILES string of the molecule is CCOC(=O)C[C@H](NS(=O)C(C)(C)C)C(=O)OCC. The highest BCUT2D eigenvalue weighted by atomic mass is 32.2. The first-order valence-corrected chi connectivity index (χ1v) is 7.37. The lowest BCUT2D eigenvalue weighted by Gasteiger charge is -2.22. The molecule has 0 aromatic heterocycles. The fourth-order valence-corrected chi connectivity index (χ4v) is 1.90. The lowest BCUT2D eigenvalue weighted by Crippen LogP contribution is -2.45. The molecule has 0 aliphatic heterocycles. The summed E-state index contributed by atoms with van der Waals surface area (Å²) in [5.41, 5.74) is 0. The predicted octanol–water partition coefficient (Wildman–Crippen LogP) is 0.923. The molecule has 0 radical (unpaired) electrons. The molecule has 1 N–H and O–H groups in total. The third-order valence-corrected chi connectivity index (χ3v) is 3.66. The Morgan fingerprint density at radius 2 is 1.68 bits per heavy atom. The maximum absolute atomic E-state index is 12.0. The van der Waals surface area contributed by atoms with Crippen LogP contribution in [0.3, 0.4) is 0 Å². The molecular weight excluding hydrogens is 270 g/mol. The third-order valence-electron chi connectivity index (χ3n) is 2.05. The number of hydrogen-bond donors (Lipinski definition) is 1. The summed E-state index contributed by atoms with van der Waals surface area (Å²) in [6.45, 7) is 9.07. The molecule has 19 heavy (non-hydrogen) atoms. The number of carbonyl (C=O) groups is 2. The van der Waals surface area contributed by atoms with Gasteiger partial charge < -0.3 is 9.47 Å². The summed E-state index contributed by atoms with van der Waals surface area (Å²) in [5, 5.41) is 0. The minimum atomic E-state index is -1.47. The van der Waals surface area contributed by atoms with Crippen LogP contribution in [0.25, 0.3) is 0 Å². The molecule has 0 rings (SSSR count). The number of hydrogen-bond acceptors (Lipinski definition) is 5. The molecule has 112 valence electrons. The van der Waals surface area contributed by atoms with Crippen LogP contribution in [-0.2, 0) is 30.0 Å². The minimum absolute atomic E-state index is 0.196. The van der Waals surface area contributed by atoms with E-state index < -0.39 is 33.7 Å². The van der Waals surface area contributed by atoms with E-state index in [1.807, 2.05) is 0 Å². The molecule has 0 saturated heterocycles. The van der Waals surface area contributed by atoms with Crippen molar-refractivity contribution in [1.82, 2.24) is 4.72 Å². The second-order valence-electron chi connectivity index (χ2n) is 4.81. The van der Waals surface area contributed by atoms with Crippen molar-refractivity contribution in [2.75, 3.05) is 13.2 Å². The highest BCUT2D eigenvalue weighted by molar-refractivity contribution is 7.84. The van der Waals surface area contributed by atoms with Crippen LogP contribution in [0.4, 0.5) is 0 Å². The molecule has 0 bridgehead atoms. The topological polar surface area (TPSA) is 81.7 Å². The molecule has 0 spiro atoms. The zero-order valence-corrected chi connectivity index (χ0v) is 13.0. The molecule has 0 saturated carbocycles. The van der Waals surface area contributed by atoms with Gasteiger partial charge in [0.1, 0.15) is 6.04 Å². The maximum atomic E-state index is 12.0. The van der Waals surface area contributed by atoms with Crippen molar-refractivity contribution in [1.29, 1.82) is 0 Å². The highest BCUT2D eigenvalue weighted by Crippen LogP contribution is 2.11. The Hall–Kier alpha value is -0.950. The monoisotopic (exact) mass is 293 g/mol. The first-order valence-electron chi connectivity index (χ1n) is 6.22. The van der Waals surface area contributed by atoms with Crippen molar-refractivity contribution in [3.05, 3.63) is 0 Å². The summed E-state index contributed by atoms with van der Waals surface area (Å²) >= 11 is 0. The second-order valence-corrected chi connectivity index (χ2v) is 6.81. The number of rotatable bonds is 7. The van der Waals surface area contributed by atoms with E-state index in [9.17, 15) is 13.8 Å². The van der Waals surface area contributed by atoms with Crippen LogP contribution < -0.4 is 4.72 Å². The largest absolute Gasteiger partial charge is 0.466 e. The van der Waals surface area contributed by atoms with Gasteiger partial charge in [0.15, 0.2) is 0 Å². The van der Waals surface area contributed by atoms with Crippen LogP contribution >= 0.6 is 0 Å². The fraction of sp³-hybridized carbons (Fsp3) is 0.833. The Kier molecular flexibility index (Phi) is 7.85. The van der Waals surface area contributed by atoms with E-state index in [2.05, 4.69) is 4.72 Å². The Morgan fingerprint density at radius 1 is 1.16 bits per heavy atom. The molecule has 0 aliphatic carbocycles. The maximum Gasteiger partial charge on any atom is 0.324 e. The van der Waals surface area contributed by atoms with Gasteiger partial charge in [0, 0.05) is 0 Å². The van der Waals surface area contributed by atoms with Crippen LogP contribution in [0.15, 0.2) is 0 Å². The smallest absolute Gasteiger partial charge is 0.324 e. The molecule has 0 amide bonds. The van der Waals surface area contributed by atoms with Crippen molar-refractivity contribution >= 4 is 22.9 Å². The number of esters is 2. The summed E-state index contributed by atoms with van der Waals surface area (Å²) < 4.78 is 23.7. The molecular formula is C12H23NO5S. The van der Waals surface area contributed by atoms with E-state index in [-0.39, 0.29) is 19.6 Å². The van der Waals surface area contributed by atoms with Gasteiger partial charge in [-0.25, -0.2) is 8.93 Å². The van der Waals surface area contributed by atoms with Crippen LogP contribution in [0.5, 0.6) is 0 Å². The van der Waals surface area contributed by atoms with E-state index in [4.69, 9.17) is 9.47 Å². The minimum Gasteiger partial charge on any atom is -0.466 e. The molecule has 0 heterocycles. The first kappa shape index (κ1) is 18.0. The van der Waals surface area contributed by atoms with E-state index in [0.29, 0.717) is 0 Å². The van der Waals surface area contributed by atoms with Gasteiger partial charge >= 0.3 is 11.9 Å². The van der Waals surface area contributed by atoms with Crippen molar-refractivity contribution in [2.24, 2.45) is 0 Å². The van der Waals surface area contributed by atoms with Crippen molar-refractivity contribution in [2.45, 2.75) is 51.8 Å². The summed E-state index contributed by atoms with van der Waals surface area (Å²) in [7, 11) is -1.47. The predicted molar refractivity (Wildman–Crippen MR) is 72.7 cm³/mol. The van der Waals surface area contributed by atoms with Gasteiger partial charge in [-0.05, 0) is 34.6 Å². The normalized spacial score (nSPS) is 14.6. The Labute approximate surface area is 116 Å². The van der Waals surface area contributed by atoms with Gasteiger partial charge in [-0.2, -0.15) is 0 Å². The van der Waals surface area contributed by atoms with E-state index in [0.717, 1.165) is 0 Å². The van der Waals surface area contributed by atoms with E-state index in [1.54, 1.807) is 34.6 Å². The van der Waals surface area contributed by atoms with Gasteiger partial charge in [-0.15, -0.1) is 0 Å². The summed E-state index contributed by atoms with van der Waals surface area (Å²) in [6, 6.07) is -0.959. The molecule has 0 aliphatic rings. The number of carbonyl (C=O) groups excluding carboxylic acids is 2.